The predicted octanol–water partition coefficient (Wildman–Crippen LogP) is 3.20. The normalized spacial score (nSPS) is 10.7. The van der Waals surface area contributed by atoms with Crippen LogP contribution in [-0.2, 0) is 0 Å². The van der Waals surface area contributed by atoms with Crippen molar-refractivity contribution in [3.8, 4) is 0 Å². The van der Waals surface area contributed by atoms with Gasteiger partial charge in [0.05, 0.1) is 18.1 Å². The number of rotatable bonds is 2. The van der Waals surface area contributed by atoms with Crippen molar-refractivity contribution in [2.45, 2.75) is 6.92 Å². The van der Waals surface area contributed by atoms with Crippen molar-refractivity contribution in [2.75, 3.05) is 0 Å². The minimum atomic E-state index is 0.657. The molecule has 15 heavy (non-hydrogen) atoms. The molecule has 74 valence electrons. The van der Waals surface area contributed by atoms with Gasteiger partial charge in [0.25, 0.3) is 0 Å². The summed E-state index contributed by atoms with van der Waals surface area (Å²) in [7, 11) is 0. The molecule has 0 aliphatic carbocycles. The molecule has 1 aromatic carbocycles. The molecular weight excluding hydrogens is 188 g/mol. The summed E-state index contributed by atoms with van der Waals surface area (Å²) >= 11 is 0. The van der Waals surface area contributed by atoms with E-state index in [1.54, 1.807) is 12.4 Å². The Morgan fingerprint density at radius 2 is 1.47 bits per heavy atom. The van der Waals surface area contributed by atoms with Crippen molar-refractivity contribution in [2.24, 2.45) is 10.2 Å². The summed E-state index contributed by atoms with van der Waals surface area (Å²) in [5.41, 5.74) is 1.47. The fourth-order valence-electron chi connectivity index (χ4n) is 1.05. The maximum Gasteiger partial charge on any atom is 0.125 e. The van der Waals surface area contributed by atoms with Crippen LogP contribution in [0.5, 0.6) is 0 Å². The highest BCUT2D eigenvalue weighted by Crippen LogP contribution is 2.15. The van der Waals surface area contributed by atoms with Crippen molar-refractivity contribution in [1.29, 1.82) is 0 Å². The summed E-state index contributed by atoms with van der Waals surface area (Å²) in [5, 5.41) is 8.07. The van der Waals surface area contributed by atoms with Crippen LogP contribution in [0.2, 0.25) is 0 Å². The average molecular weight is 198 g/mol. The molecule has 2 rings (SSSR count). The van der Waals surface area contributed by atoms with Gasteiger partial charge in [0.1, 0.15) is 11.5 Å². The quantitative estimate of drug-likeness (QED) is 0.696. The van der Waals surface area contributed by atoms with Gasteiger partial charge in [0, 0.05) is 0 Å². The van der Waals surface area contributed by atoms with Crippen LogP contribution in [0, 0.1) is 6.92 Å². The first-order valence-electron chi connectivity index (χ1n) is 4.60. The minimum absolute atomic E-state index is 0.657. The first-order valence-corrected chi connectivity index (χ1v) is 4.60. The molecule has 0 saturated heterocycles. The summed E-state index contributed by atoms with van der Waals surface area (Å²) in [6.45, 7) is 1.83. The third-order valence-corrected chi connectivity index (χ3v) is 1.80. The van der Waals surface area contributed by atoms with Crippen molar-refractivity contribution < 1.29 is 0 Å². The predicted molar refractivity (Wildman–Crippen MR) is 57.4 cm³/mol. The summed E-state index contributed by atoms with van der Waals surface area (Å²) in [4.78, 5) is 8.05. The molecule has 4 heteroatoms. The number of aromatic nitrogens is 2. The molecule has 2 aromatic rings. The van der Waals surface area contributed by atoms with Gasteiger partial charge in [-0.05, 0) is 19.1 Å². The van der Waals surface area contributed by atoms with E-state index in [1.807, 2.05) is 37.3 Å². The third kappa shape index (κ3) is 2.67. The highest BCUT2D eigenvalue weighted by molar-refractivity contribution is 5.37. The average Bonchev–Trinajstić information content (AvgIpc) is 2.30. The molecule has 0 spiro atoms. The Hall–Kier alpha value is -2.10. The highest BCUT2D eigenvalue weighted by Gasteiger charge is 1.91. The maximum atomic E-state index is 4.05. The van der Waals surface area contributed by atoms with E-state index in [-0.39, 0.29) is 0 Å². The second-order valence-electron chi connectivity index (χ2n) is 3.02. The number of azo groups is 1. The van der Waals surface area contributed by atoms with E-state index in [4.69, 9.17) is 0 Å². The molecule has 4 nitrogen and oxygen atoms in total. The standard InChI is InChI=1S/C11H10N4/c1-9-12-7-11(8-13-9)15-14-10-5-3-2-4-6-10/h2-8H,1H3. The Balaban J connectivity index is 2.15. The lowest BCUT2D eigenvalue weighted by molar-refractivity contribution is 1.04. The number of hydrogen-bond donors (Lipinski definition) is 0. The molecule has 1 aromatic heterocycles. The van der Waals surface area contributed by atoms with Gasteiger partial charge < -0.3 is 0 Å². The molecule has 0 bridgehead atoms. The van der Waals surface area contributed by atoms with Gasteiger partial charge in [-0.2, -0.15) is 5.11 Å². The Kier molecular flexibility index (Phi) is 2.78. The van der Waals surface area contributed by atoms with Crippen LogP contribution in [0.1, 0.15) is 5.82 Å². The number of hydrogen-bond acceptors (Lipinski definition) is 4. The van der Waals surface area contributed by atoms with Crippen LogP contribution in [0.3, 0.4) is 0 Å². The zero-order valence-corrected chi connectivity index (χ0v) is 8.33. The fraction of sp³-hybridized carbons (Fsp3) is 0.0909. The molecule has 0 aliphatic rings. The Bertz CT molecular complexity index is 448. The highest BCUT2D eigenvalue weighted by atomic mass is 15.1. The molecule has 0 radical (unpaired) electrons. The summed E-state index contributed by atoms with van der Waals surface area (Å²) < 4.78 is 0. The Morgan fingerprint density at radius 3 is 2.13 bits per heavy atom. The van der Waals surface area contributed by atoms with Crippen LogP contribution < -0.4 is 0 Å². The van der Waals surface area contributed by atoms with E-state index >= 15 is 0 Å². The van der Waals surface area contributed by atoms with Gasteiger partial charge in [-0.3, -0.25) is 0 Å². The van der Waals surface area contributed by atoms with Crippen molar-refractivity contribution in [3.63, 3.8) is 0 Å². The van der Waals surface area contributed by atoms with Gasteiger partial charge in [-0.1, -0.05) is 18.2 Å². The molecule has 0 atom stereocenters. The molecule has 0 saturated carbocycles. The molecule has 0 fully saturated rings. The lowest BCUT2D eigenvalue weighted by Crippen LogP contribution is -1.82. The van der Waals surface area contributed by atoms with Crippen molar-refractivity contribution in [3.05, 3.63) is 48.5 Å². The van der Waals surface area contributed by atoms with E-state index in [1.165, 1.54) is 0 Å². The van der Waals surface area contributed by atoms with E-state index in [0.29, 0.717) is 5.69 Å². The summed E-state index contributed by atoms with van der Waals surface area (Å²) in [6.07, 6.45) is 3.30. The van der Waals surface area contributed by atoms with E-state index < -0.39 is 0 Å². The number of nitrogens with zero attached hydrogens (tertiary/aromatic N) is 4. The molecule has 0 aliphatic heterocycles. The topological polar surface area (TPSA) is 50.5 Å². The first-order chi connectivity index (χ1) is 7.34. The molecule has 0 amide bonds. The monoisotopic (exact) mass is 198 g/mol. The maximum absolute atomic E-state index is 4.05. The molecule has 0 N–H and O–H groups in total. The Morgan fingerprint density at radius 1 is 0.867 bits per heavy atom. The van der Waals surface area contributed by atoms with Crippen LogP contribution in [0.15, 0.2) is 53.0 Å². The molecule has 1 heterocycles. The zero-order chi connectivity index (χ0) is 10.5. The van der Waals surface area contributed by atoms with Crippen LogP contribution >= 0.6 is 0 Å². The summed E-state index contributed by atoms with van der Waals surface area (Å²) in [6, 6.07) is 9.55. The van der Waals surface area contributed by atoms with Crippen LogP contribution in [-0.4, -0.2) is 9.97 Å². The fourth-order valence-corrected chi connectivity index (χ4v) is 1.05. The van der Waals surface area contributed by atoms with Gasteiger partial charge >= 0.3 is 0 Å². The van der Waals surface area contributed by atoms with Gasteiger partial charge in [0.15, 0.2) is 0 Å². The Labute approximate surface area is 87.7 Å². The van der Waals surface area contributed by atoms with Gasteiger partial charge in [-0.25, -0.2) is 9.97 Å². The second-order valence-corrected chi connectivity index (χ2v) is 3.02. The minimum Gasteiger partial charge on any atom is -0.239 e. The largest absolute Gasteiger partial charge is 0.239 e. The first kappa shape index (κ1) is 9.45. The number of benzene rings is 1. The van der Waals surface area contributed by atoms with E-state index in [0.717, 1.165) is 11.5 Å². The van der Waals surface area contributed by atoms with Crippen LogP contribution in [0.25, 0.3) is 0 Å². The summed E-state index contributed by atoms with van der Waals surface area (Å²) in [5.74, 6) is 0.730. The smallest absolute Gasteiger partial charge is 0.125 e. The zero-order valence-electron chi connectivity index (χ0n) is 8.33. The SMILES string of the molecule is Cc1ncc(N=Nc2ccccc2)cn1. The van der Waals surface area contributed by atoms with Gasteiger partial charge in [0.2, 0.25) is 0 Å². The lowest BCUT2D eigenvalue weighted by atomic mass is 10.3. The second kappa shape index (κ2) is 4.41. The third-order valence-electron chi connectivity index (χ3n) is 1.80. The van der Waals surface area contributed by atoms with E-state index in [9.17, 15) is 0 Å². The number of aryl methyl sites for hydroxylation is 1. The molecular formula is C11H10N4. The lowest BCUT2D eigenvalue weighted by Gasteiger charge is -1.92. The van der Waals surface area contributed by atoms with Crippen molar-refractivity contribution in [1.82, 2.24) is 9.97 Å². The molecule has 0 unspecified atom stereocenters. The van der Waals surface area contributed by atoms with Crippen LogP contribution in [0.4, 0.5) is 11.4 Å². The van der Waals surface area contributed by atoms with E-state index in [2.05, 4.69) is 20.2 Å². The van der Waals surface area contributed by atoms with Gasteiger partial charge in [-0.15, -0.1) is 5.11 Å². The van der Waals surface area contributed by atoms with Crippen molar-refractivity contribution >= 4 is 11.4 Å².